The number of nitrogens with zero attached hydrogens (tertiary/aromatic N) is 1. The zero-order valence-electron chi connectivity index (χ0n) is 12.4. The third kappa shape index (κ3) is 3.73. The average molecular weight is 276 g/mol. The summed E-state index contributed by atoms with van der Waals surface area (Å²) < 4.78 is 5.17. The molecular formula is C16H24N2O2. The summed E-state index contributed by atoms with van der Waals surface area (Å²) in [5, 5.41) is 3.02. The quantitative estimate of drug-likeness (QED) is 0.914. The normalized spacial score (nSPS) is 18.9. The maximum atomic E-state index is 12.4. The molecule has 1 N–H and O–H groups in total. The molecule has 1 aliphatic rings. The van der Waals surface area contributed by atoms with E-state index in [1.165, 1.54) is 6.42 Å². The van der Waals surface area contributed by atoms with E-state index in [2.05, 4.69) is 12.2 Å². The summed E-state index contributed by atoms with van der Waals surface area (Å²) in [7, 11) is 1.66. The summed E-state index contributed by atoms with van der Waals surface area (Å²) >= 11 is 0. The van der Waals surface area contributed by atoms with Crippen molar-refractivity contribution in [1.82, 2.24) is 4.90 Å². The van der Waals surface area contributed by atoms with E-state index in [-0.39, 0.29) is 6.03 Å². The number of anilines is 1. The maximum Gasteiger partial charge on any atom is 0.321 e. The number of nitrogens with one attached hydrogen (secondary N) is 1. The predicted octanol–water partition coefficient (Wildman–Crippen LogP) is 3.49. The Labute approximate surface area is 121 Å². The Morgan fingerprint density at radius 1 is 1.45 bits per heavy atom. The molecule has 1 saturated heterocycles. The number of carbonyl (C=O) groups excluding carboxylic acids is 1. The molecule has 1 atom stereocenters. The number of rotatable bonds is 4. The molecule has 2 rings (SSSR count). The van der Waals surface area contributed by atoms with Gasteiger partial charge in [-0.15, -0.1) is 0 Å². The van der Waals surface area contributed by atoms with Crippen LogP contribution in [-0.2, 0) is 11.3 Å². The average Bonchev–Trinajstić information content (AvgIpc) is 2.49. The fourth-order valence-electron chi connectivity index (χ4n) is 2.70. The lowest BCUT2D eigenvalue weighted by molar-refractivity contribution is 0.175. The van der Waals surface area contributed by atoms with Crippen LogP contribution in [0.25, 0.3) is 0 Å². The van der Waals surface area contributed by atoms with Crippen LogP contribution in [0.1, 0.15) is 31.7 Å². The molecule has 1 unspecified atom stereocenters. The minimum absolute atomic E-state index is 0.00621. The van der Waals surface area contributed by atoms with Crippen molar-refractivity contribution < 1.29 is 9.53 Å². The van der Waals surface area contributed by atoms with Gasteiger partial charge in [0.25, 0.3) is 0 Å². The van der Waals surface area contributed by atoms with E-state index >= 15 is 0 Å². The second-order valence-electron chi connectivity index (χ2n) is 5.38. The fourth-order valence-corrected chi connectivity index (χ4v) is 2.70. The molecule has 4 nitrogen and oxygen atoms in total. The molecule has 0 spiro atoms. The van der Waals surface area contributed by atoms with Crippen LogP contribution in [0.2, 0.25) is 0 Å². The number of likely N-dealkylation sites (tertiary alicyclic amines) is 1. The van der Waals surface area contributed by atoms with Crippen molar-refractivity contribution in [3.05, 3.63) is 29.8 Å². The summed E-state index contributed by atoms with van der Waals surface area (Å²) in [5.41, 5.74) is 1.85. The van der Waals surface area contributed by atoms with E-state index in [0.29, 0.717) is 12.5 Å². The molecule has 0 radical (unpaired) electrons. The van der Waals surface area contributed by atoms with Crippen molar-refractivity contribution in [3.8, 4) is 0 Å². The van der Waals surface area contributed by atoms with E-state index in [1.807, 2.05) is 29.2 Å². The van der Waals surface area contributed by atoms with Gasteiger partial charge in [-0.25, -0.2) is 4.79 Å². The molecule has 1 heterocycles. The maximum absolute atomic E-state index is 12.4. The molecule has 1 aromatic carbocycles. The molecule has 20 heavy (non-hydrogen) atoms. The summed E-state index contributed by atoms with van der Waals surface area (Å²) in [6, 6.07) is 7.79. The Kier molecular flexibility index (Phi) is 5.41. The van der Waals surface area contributed by atoms with Gasteiger partial charge >= 0.3 is 6.03 Å². The summed E-state index contributed by atoms with van der Waals surface area (Å²) in [4.78, 5) is 14.3. The molecule has 0 saturated carbocycles. The highest BCUT2D eigenvalue weighted by atomic mass is 16.5. The topological polar surface area (TPSA) is 41.6 Å². The van der Waals surface area contributed by atoms with Crippen molar-refractivity contribution in [2.75, 3.05) is 25.5 Å². The number of hydrogen-bond acceptors (Lipinski definition) is 2. The van der Waals surface area contributed by atoms with Crippen molar-refractivity contribution in [2.45, 2.75) is 32.8 Å². The number of urea groups is 1. The van der Waals surface area contributed by atoms with Crippen LogP contribution in [0.3, 0.4) is 0 Å². The van der Waals surface area contributed by atoms with Crippen LogP contribution in [0, 0.1) is 5.92 Å². The summed E-state index contributed by atoms with van der Waals surface area (Å²) in [5.74, 6) is 0.642. The SMILES string of the molecule is CCC1CCCN(C(=O)Nc2ccccc2COC)C1. The Balaban J connectivity index is 2.00. The van der Waals surface area contributed by atoms with Crippen LogP contribution in [-0.4, -0.2) is 31.1 Å². The van der Waals surface area contributed by atoms with Gasteiger partial charge in [-0.2, -0.15) is 0 Å². The fraction of sp³-hybridized carbons (Fsp3) is 0.562. The Hall–Kier alpha value is -1.55. The first-order valence-electron chi connectivity index (χ1n) is 7.37. The van der Waals surface area contributed by atoms with Gasteiger partial charge in [0.15, 0.2) is 0 Å². The molecule has 1 aromatic rings. The first-order valence-corrected chi connectivity index (χ1v) is 7.37. The minimum Gasteiger partial charge on any atom is -0.380 e. The largest absolute Gasteiger partial charge is 0.380 e. The Morgan fingerprint density at radius 3 is 3.00 bits per heavy atom. The lowest BCUT2D eigenvalue weighted by Gasteiger charge is -2.32. The molecule has 4 heteroatoms. The number of amides is 2. The lowest BCUT2D eigenvalue weighted by Crippen LogP contribution is -2.42. The van der Waals surface area contributed by atoms with E-state index in [9.17, 15) is 4.79 Å². The second kappa shape index (κ2) is 7.29. The van der Waals surface area contributed by atoms with Crippen molar-refractivity contribution in [3.63, 3.8) is 0 Å². The zero-order chi connectivity index (χ0) is 14.4. The van der Waals surface area contributed by atoms with Gasteiger partial charge in [0, 0.05) is 31.5 Å². The van der Waals surface area contributed by atoms with E-state index in [0.717, 1.165) is 37.2 Å². The highest BCUT2D eigenvalue weighted by Crippen LogP contribution is 2.21. The van der Waals surface area contributed by atoms with Crippen molar-refractivity contribution in [2.24, 2.45) is 5.92 Å². The lowest BCUT2D eigenvalue weighted by atomic mass is 9.96. The molecule has 110 valence electrons. The zero-order valence-corrected chi connectivity index (χ0v) is 12.4. The van der Waals surface area contributed by atoms with Crippen molar-refractivity contribution >= 4 is 11.7 Å². The molecule has 2 amide bonds. The molecule has 1 fully saturated rings. The molecule has 1 aliphatic heterocycles. The van der Waals surface area contributed by atoms with Gasteiger partial charge in [0.1, 0.15) is 0 Å². The first kappa shape index (κ1) is 14.9. The summed E-state index contributed by atoms with van der Waals surface area (Å²) in [6.45, 7) is 4.43. The molecule has 0 aliphatic carbocycles. The van der Waals surface area contributed by atoms with E-state index in [4.69, 9.17) is 4.74 Å². The standard InChI is InChI=1S/C16H24N2O2/c1-3-13-7-6-10-18(11-13)16(19)17-15-9-5-4-8-14(15)12-20-2/h4-5,8-9,13H,3,6-7,10-12H2,1-2H3,(H,17,19). The number of piperidine rings is 1. The van der Waals surface area contributed by atoms with Gasteiger partial charge in [-0.05, 0) is 24.8 Å². The predicted molar refractivity (Wildman–Crippen MR) is 80.8 cm³/mol. The van der Waals surface area contributed by atoms with Crippen LogP contribution in [0.15, 0.2) is 24.3 Å². The molecular weight excluding hydrogens is 252 g/mol. The van der Waals surface area contributed by atoms with Gasteiger partial charge in [0.05, 0.1) is 6.61 Å². The van der Waals surface area contributed by atoms with Gasteiger partial charge < -0.3 is 15.0 Å². The number of benzene rings is 1. The van der Waals surface area contributed by atoms with E-state index in [1.54, 1.807) is 7.11 Å². The van der Waals surface area contributed by atoms with Crippen molar-refractivity contribution in [1.29, 1.82) is 0 Å². The monoisotopic (exact) mass is 276 g/mol. The highest BCUT2D eigenvalue weighted by Gasteiger charge is 2.22. The molecule has 0 bridgehead atoms. The smallest absolute Gasteiger partial charge is 0.321 e. The Morgan fingerprint density at radius 2 is 2.25 bits per heavy atom. The summed E-state index contributed by atoms with van der Waals surface area (Å²) in [6.07, 6.45) is 3.48. The van der Waals surface area contributed by atoms with Crippen LogP contribution >= 0.6 is 0 Å². The molecule has 0 aromatic heterocycles. The number of ether oxygens (including phenoxy) is 1. The number of para-hydroxylation sites is 1. The van der Waals surface area contributed by atoms with Gasteiger partial charge in [0.2, 0.25) is 0 Å². The number of methoxy groups -OCH3 is 1. The van der Waals surface area contributed by atoms with Crippen LogP contribution in [0.5, 0.6) is 0 Å². The minimum atomic E-state index is 0.00621. The Bertz CT molecular complexity index is 448. The highest BCUT2D eigenvalue weighted by molar-refractivity contribution is 5.90. The van der Waals surface area contributed by atoms with E-state index < -0.39 is 0 Å². The van der Waals surface area contributed by atoms with Gasteiger partial charge in [-0.3, -0.25) is 0 Å². The van der Waals surface area contributed by atoms with Crippen LogP contribution in [0.4, 0.5) is 10.5 Å². The second-order valence-corrected chi connectivity index (χ2v) is 5.38. The third-order valence-corrected chi connectivity index (χ3v) is 3.94. The van der Waals surface area contributed by atoms with Gasteiger partial charge in [-0.1, -0.05) is 31.5 Å². The number of carbonyl (C=O) groups is 1. The first-order chi connectivity index (χ1) is 9.74. The third-order valence-electron chi connectivity index (χ3n) is 3.94. The number of hydrogen-bond donors (Lipinski definition) is 1. The van der Waals surface area contributed by atoms with Crippen LogP contribution < -0.4 is 5.32 Å².